The molecule has 1 aliphatic rings. The molecule has 2 heteroatoms. The second-order valence-electron chi connectivity index (χ2n) is 5.97. The quantitative estimate of drug-likeness (QED) is 0.842. The highest BCUT2D eigenvalue weighted by atomic mass is 15.2. The lowest BCUT2D eigenvalue weighted by Gasteiger charge is -2.33. The van der Waals surface area contributed by atoms with Crippen LogP contribution in [0.3, 0.4) is 0 Å². The molecule has 1 saturated heterocycles. The normalized spacial score (nSPS) is 23.4. The highest BCUT2D eigenvalue weighted by Crippen LogP contribution is 2.26. The molecule has 0 radical (unpaired) electrons. The van der Waals surface area contributed by atoms with Crippen molar-refractivity contribution in [3.05, 3.63) is 35.9 Å². The molecule has 2 rings (SSSR count). The van der Waals surface area contributed by atoms with Crippen LogP contribution in [0.1, 0.15) is 45.2 Å². The molecule has 1 aliphatic heterocycles. The van der Waals surface area contributed by atoms with Crippen LogP contribution in [0.4, 0.5) is 0 Å². The zero-order valence-corrected chi connectivity index (χ0v) is 12.6. The van der Waals surface area contributed by atoms with Gasteiger partial charge in [-0.3, -0.25) is 4.90 Å². The third kappa shape index (κ3) is 3.80. The lowest BCUT2D eigenvalue weighted by molar-refractivity contribution is 0.201. The Labute approximate surface area is 118 Å². The number of nitrogens with one attached hydrogen (secondary N) is 1. The van der Waals surface area contributed by atoms with Gasteiger partial charge in [0.15, 0.2) is 0 Å². The van der Waals surface area contributed by atoms with Crippen molar-refractivity contribution in [2.45, 2.75) is 45.7 Å². The first-order chi connectivity index (χ1) is 9.22. The van der Waals surface area contributed by atoms with Crippen molar-refractivity contribution >= 4 is 0 Å². The molecule has 1 N–H and O–H groups in total. The van der Waals surface area contributed by atoms with Gasteiger partial charge in [-0.05, 0) is 44.3 Å². The van der Waals surface area contributed by atoms with Crippen LogP contribution < -0.4 is 5.32 Å². The summed E-state index contributed by atoms with van der Waals surface area (Å²) in [5.41, 5.74) is 1.42. The van der Waals surface area contributed by atoms with Crippen molar-refractivity contribution in [3.8, 4) is 0 Å². The number of hydrogen-bond acceptors (Lipinski definition) is 2. The van der Waals surface area contributed by atoms with Gasteiger partial charge in [0.1, 0.15) is 0 Å². The molecule has 19 heavy (non-hydrogen) atoms. The van der Waals surface area contributed by atoms with Crippen molar-refractivity contribution in [1.29, 1.82) is 0 Å². The maximum Gasteiger partial charge on any atom is 0.0475 e. The molecule has 0 saturated carbocycles. The monoisotopic (exact) mass is 260 g/mol. The van der Waals surface area contributed by atoms with Crippen LogP contribution in [0.5, 0.6) is 0 Å². The van der Waals surface area contributed by atoms with E-state index in [0.717, 1.165) is 12.5 Å². The SMILES string of the molecule is CCCNC(c1ccccc1)C(C)N1CCC(C)C1. The molecule has 1 fully saturated rings. The van der Waals surface area contributed by atoms with Crippen molar-refractivity contribution < 1.29 is 0 Å². The summed E-state index contributed by atoms with van der Waals surface area (Å²) < 4.78 is 0. The maximum absolute atomic E-state index is 3.74. The zero-order chi connectivity index (χ0) is 13.7. The second-order valence-corrected chi connectivity index (χ2v) is 5.97. The Bertz CT molecular complexity index is 363. The van der Waals surface area contributed by atoms with E-state index in [9.17, 15) is 0 Å². The summed E-state index contributed by atoms with van der Waals surface area (Å²) in [5.74, 6) is 0.852. The highest BCUT2D eigenvalue weighted by molar-refractivity contribution is 5.20. The molecule has 1 aromatic rings. The molecule has 1 heterocycles. The van der Waals surface area contributed by atoms with E-state index >= 15 is 0 Å². The Morgan fingerprint density at radius 2 is 2.05 bits per heavy atom. The first-order valence-electron chi connectivity index (χ1n) is 7.74. The van der Waals surface area contributed by atoms with E-state index < -0.39 is 0 Å². The van der Waals surface area contributed by atoms with Gasteiger partial charge in [-0.1, -0.05) is 44.2 Å². The number of hydrogen-bond donors (Lipinski definition) is 1. The Balaban J connectivity index is 2.08. The first kappa shape index (κ1) is 14.5. The van der Waals surface area contributed by atoms with Crippen LogP contribution in [0.25, 0.3) is 0 Å². The van der Waals surface area contributed by atoms with Gasteiger partial charge in [0.05, 0.1) is 0 Å². The van der Waals surface area contributed by atoms with Crippen LogP contribution in [-0.4, -0.2) is 30.6 Å². The molecule has 3 atom stereocenters. The van der Waals surface area contributed by atoms with E-state index in [1.807, 2.05) is 0 Å². The minimum atomic E-state index is 0.450. The molecular weight excluding hydrogens is 232 g/mol. The van der Waals surface area contributed by atoms with Gasteiger partial charge in [0.2, 0.25) is 0 Å². The highest BCUT2D eigenvalue weighted by Gasteiger charge is 2.28. The number of likely N-dealkylation sites (tertiary alicyclic amines) is 1. The van der Waals surface area contributed by atoms with Crippen molar-refractivity contribution in [1.82, 2.24) is 10.2 Å². The fourth-order valence-electron chi connectivity index (χ4n) is 3.08. The maximum atomic E-state index is 3.74. The average molecular weight is 260 g/mol. The van der Waals surface area contributed by atoms with E-state index in [2.05, 4.69) is 61.3 Å². The van der Waals surface area contributed by atoms with Crippen LogP contribution >= 0.6 is 0 Å². The molecule has 0 bridgehead atoms. The summed E-state index contributed by atoms with van der Waals surface area (Å²) >= 11 is 0. The molecular formula is C17H28N2. The van der Waals surface area contributed by atoms with E-state index in [1.54, 1.807) is 0 Å². The van der Waals surface area contributed by atoms with Gasteiger partial charge < -0.3 is 5.32 Å². The Morgan fingerprint density at radius 3 is 2.63 bits per heavy atom. The van der Waals surface area contributed by atoms with Crippen LogP contribution in [0.2, 0.25) is 0 Å². The summed E-state index contributed by atoms with van der Waals surface area (Å²) in [4.78, 5) is 2.64. The molecule has 3 unspecified atom stereocenters. The number of benzene rings is 1. The van der Waals surface area contributed by atoms with E-state index in [0.29, 0.717) is 12.1 Å². The van der Waals surface area contributed by atoms with Crippen LogP contribution in [-0.2, 0) is 0 Å². The first-order valence-corrected chi connectivity index (χ1v) is 7.74. The third-order valence-electron chi connectivity index (χ3n) is 4.29. The minimum absolute atomic E-state index is 0.450. The number of nitrogens with zero attached hydrogens (tertiary/aromatic N) is 1. The standard InChI is InChI=1S/C17H28N2/c1-4-11-18-17(16-8-6-5-7-9-16)15(3)19-12-10-14(2)13-19/h5-9,14-15,17-18H,4,10-13H2,1-3H3. The lowest BCUT2D eigenvalue weighted by Crippen LogP contribution is -2.42. The lowest BCUT2D eigenvalue weighted by atomic mass is 9.99. The van der Waals surface area contributed by atoms with E-state index in [-0.39, 0.29) is 0 Å². The predicted octanol–water partition coefficient (Wildman–Crippen LogP) is 3.46. The summed E-state index contributed by atoms with van der Waals surface area (Å²) in [6.07, 6.45) is 2.53. The zero-order valence-electron chi connectivity index (χ0n) is 12.6. The van der Waals surface area contributed by atoms with Crippen molar-refractivity contribution in [2.75, 3.05) is 19.6 Å². The third-order valence-corrected chi connectivity index (χ3v) is 4.29. The fourth-order valence-corrected chi connectivity index (χ4v) is 3.08. The summed E-state index contributed by atoms with van der Waals surface area (Å²) in [6.45, 7) is 10.6. The van der Waals surface area contributed by atoms with E-state index in [1.165, 1.54) is 31.5 Å². The van der Waals surface area contributed by atoms with E-state index in [4.69, 9.17) is 0 Å². The average Bonchev–Trinajstić information content (AvgIpc) is 2.87. The smallest absolute Gasteiger partial charge is 0.0475 e. The predicted molar refractivity (Wildman–Crippen MR) is 82.3 cm³/mol. The Morgan fingerprint density at radius 1 is 1.32 bits per heavy atom. The van der Waals surface area contributed by atoms with Gasteiger partial charge in [-0.25, -0.2) is 0 Å². The van der Waals surface area contributed by atoms with Gasteiger partial charge in [-0.15, -0.1) is 0 Å². The Hall–Kier alpha value is -0.860. The van der Waals surface area contributed by atoms with Crippen molar-refractivity contribution in [2.24, 2.45) is 5.92 Å². The van der Waals surface area contributed by atoms with Crippen LogP contribution in [0, 0.1) is 5.92 Å². The van der Waals surface area contributed by atoms with Crippen molar-refractivity contribution in [3.63, 3.8) is 0 Å². The van der Waals surface area contributed by atoms with Gasteiger partial charge in [0, 0.05) is 18.6 Å². The summed E-state index contributed by atoms with van der Waals surface area (Å²) in [5, 5.41) is 3.74. The topological polar surface area (TPSA) is 15.3 Å². The molecule has 2 nitrogen and oxygen atoms in total. The summed E-state index contributed by atoms with van der Waals surface area (Å²) in [6, 6.07) is 11.9. The summed E-state index contributed by atoms with van der Waals surface area (Å²) in [7, 11) is 0. The molecule has 0 aliphatic carbocycles. The van der Waals surface area contributed by atoms with Crippen LogP contribution in [0.15, 0.2) is 30.3 Å². The van der Waals surface area contributed by atoms with Gasteiger partial charge in [0.25, 0.3) is 0 Å². The van der Waals surface area contributed by atoms with Gasteiger partial charge in [-0.2, -0.15) is 0 Å². The molecule has 0 spiro atoms. The molecule has 0 amide bonds. The minimum Gasteiger partial charge on any atom is -0.309 e. The molecule has 0 aromatic heterocycles. The van der Waals surface area contributed by atoms with Gasteiger partial charge >= 0.3 is 0 Å². The second kappa shape index (κ2) is 7.06. The largest absolute Gasteiger partial charge is 0.309 e. The Kier molecular flexibility index (Phi) is 5.41. The molecule has 106 valence electrons. The fraction of sp³-hybridized carbons (Fsp3) is 0.647. The molecule has 1 aromatic carbocycles. The number of rotatable bonds is 6.